The van der Waals surface area contributed by atoms with Crippen LogP contribution < -0.4 is 0 Å². The first-order valence-electron chi connectivity index (χ1n) is 12.2. The van der Waals surface area contributed by atoms with Gasteiger partial charge < -0.3 is 4.42 Å². The number of furan rings is 1. The molecule has 2 heteroatoms. The molecule has 8 rings (SSSR count). The van der Waals surface area contributed by atoms with Crippen molar-refractivity contribution < 1.29 is 4.42 Å². The molecule has 8 aromatic rings. The lowest BCUT2D eigenvalue weighted by Crippen LogP contribution is -1.90. The molecule has 0 bridgehead atoms. The largest absolute Gasteiger partial charge is 0.463 e. The molecule has 0 saturated heterocycles. The van der Waals surface area contributed by atoms with Gasteiger partial charge in [0.25, 0.3) is 0 Å². The molecule has 0 N–H and O–H groups in total. The topological polar surface area (TPSA) is 13.1 Å². The maximum atomic E-state index is 5.86. The number of benzene rings is 6. The van der Waals surface area contributed by atoms with Crippen LogP contribution in [0.2, 0.25) is 0 Å². The molecule has 1 nitrogen and oxygen atoms in total. The van der Waals surface area contributed by atoms with E-state index >= 15 is 0 Å². The number of hydrogen-bond donors (Lipinski definition) is 0. The van der Waals surface area contributed by atoms with Crippen LogP contribution in [0, 0.1) is 0 Å². The molecule has 2 heterocycles. The fourth-order valence-electron chi connectivity index (χ4n) is 5.77. The van der Waals surface area contributed by atoms with E-state index < -0.39 is 0 Å². The van der Waals surface area contributed by atoms with Crippen LogP contribution in [-0.2, 0) is 0 Å². The quantitative estimate of drug-likeness (QED) is 0.226. The normalized spacial score (nSPS) is 11.9. The van der Waals surface area contributed by atoms with Crippen molar-refractivity contribution in [1.29, 1.82) is 0 Å². The Morgan fingerprint density at radius 3 is 1.78 bits per heavy atom. The third kappa shape index (κ3) is 2.76. The summed E-state index contributed by atoms with van der Waals surface area (Å²) in [6.45, 7) is 0. The van der Waals surface area contributed by atoms with Gasteiger partial charge in [-0.05, 0) is 55.9 Å². The first kappa shape index (κ1) is 19.9. The summed E-state index contributed by atoms with van der Waals surface area (Å²) < 4.78 is 8.36. The summed E-state index contributed by atoms with van der Waals surface area (Å²) in [5.74, 6) is 0. The van der Waals surface area contributed by atoms with E-state index in [1.807, 2.05) is 17.4 Å². The Labute approximate surface area is 211 Å². The summed E-state index contributed by atoms with van der Waals surface area (Å²) in [7, 11) is 0. The third-order valence-electron chi connectivity index (χ3n) is 7.34. The van der Waals surface area contributed by atoms with E-state index in [2.05, 4.69) is 109 Å². The zero-order valence-corrected chi connectivity index (χ0v) is 20.2. The van der Waals surface area contributed by atoms with E-state index in [9.17, 15) is 0 Å². The molecule has 36 heavy (non-hydrogen) atoms. The van der Waals surface area contributed by atoms with Crippen molar-refractivity contribution in [3.63, 3.8) is 0 Å². The van der Waals surface area contributed by atoms with E-state index in [4.69, 9.17) is 4.42 Å². The van der Waals surface area contributed by atoms with Gasteiger partial charge in [0.2, 0.25) is 0 Å². The fourth-order valence-corrected chi connectivity index (χ4v) is 7.01. The van der Waals surface area contributed by atoms with Gasteiger partial charge in [-0.2, -0.15) is 0 Å². The molecule has 0 saturated carbocycles. The number of fused-ring (bicyclic) bond motifs is 7. The summed E-state index contributed by atoms with van der Waals surface area (Å²) in [5.41, 5.74) is 6.08. The molecule has 0 aliphatic carbocycles. The second-order valence-electron chi connectivity index (χ2n) is 9.30. The lowest BCUT2D eigenvalue weighted by molar-refractivity contribution is 0.619. The minimum atomic E-state index is 0.985. The van der Waals surface area contributed by atoms with Gasteiger partial charge in [-0.1, -0.05) is 103 Å². The molecular formula is C34H20OS. The van der Waals surface area contributed by atoms with Crippen molar-refractivity contribution in [3.05, 3.63) is 122 Å². The minimum absolute atomic E-state index is 0.985. The van der Waals surface area contributed by atoms with Gasteiger partial charge in [-0.25, -0.2) is 0 Å². The zero-order chi connectivity index (χ0) is 23.6. The molecule has 6 aromatic carbocycles. The average Bonchev–Trinajstić information content (AvgIpc) is 3.56. The number of rotatable bonds is 2. The highest BCUT2D eigenvalue weighted by molar-refractivity contribution is 7.26. The van der Waals surface area contributed by atoms with Crippen LogP contribution in [0.4, 0.5) is 0 Å². The Kier molecular flexibility index (Phi) is 4.16. The van der Waals surface area contributed by atoms with E-state index in [0.717, 1.165) is 11.0 Å². The summed E-state index contributed by atoms with van der Waals surface area (Å²) in [5, 5.41) is 8.83. The van der Waals surface area contributed by atoms with Crippen LogP contribution in [-0.4, -0.2) is 0 Å². The van der Waals surface area contributed by atoms with Gasteiger partial charge in [0.15, 0.2) is 5.58 Å². The Morgan fingerprint density at radius 1 is 0.472 bits per heavy atom. The van der Waals surface area contributed by atoms with Gasteiger partial charge in [-0.15, -0.1) is 11.3 Å². The van der Waals surface area contributed by atoms with Crippen LogP contribution in [0.15, 0.2) is 126 Å². The molecule has 0 spiro atoms. The Bertz CT molecular complexity index is 2040. The van der Waals surface area contributed by atoms with Crippen LogP contribution in [0.25, 0.3) is 74.9 Å². The lowest BCUT2D eigenvalue weighted by atomic mass is 9.86. The maximum Gasteiger partial charge on any atom is 0.151 e. The minimum Gasteiger partial charge on any atom is -0.463 e. The summed E-state index contributed by atoms with van der Waals surface area (Å²) in [6.07, 6.45) is 1.78. The predicted octanol–water partition coefficient (Wildman–Crippen LogP) is 10.4. The molecule has 2 aromatic heterocycles. The first-order chi connectivity index (χ1) is 17.9. The second-order valence-corrected chi connectivity index (χ2v) is 10.4. The van der Waals surface area contributed by atoms with Gasteiger partial charge in [0, 0.05) is 20.9 Å². The molecule has 0 aliphatic rings. The van der Waals surface area contributed by atoms with Crippen molar-refractivity contribution >= 4 is 64.0 Å². The highest BCUT2D eigenvalue weighted by Crippen LogP contribution is 2.45. The predicted molar refractivity (Wildman–Crippen MR) is 155 cm³/mol. The van der Waals surface area contributed by atoms with E-state index in [0.29, 0.717) is 0 Å². The van der Waals surface area contributed by atoms with Crippen molar-refractivity contribution in [2.75, 3.05) is 0 Å². The Hall–Kier alpha value is -4.40. The standard InChI is InChI=1S/C34H20OS/c1-2-8-21(9-3-1)31-25-10-4-6-12-27(25)32(28-13-7-5-11-26(28)31)23-15-16-24-29-17-14-22-18-19-35-33(22)34(29)36-30(24)20-23/h1-20H. The molecular weight excluding hydrogens is 456 g/mol. The van der Waals surface area contributed by atoms with Crippen LogP contribution in [0.5, 0.6) is 0 Å². The summed E-state index contributed by atoms with van der Waals surface area (Å²) >= 11 is 1.82. The van der Waals surface area contributed by atoms with Gasteiger partial charge in [-0.3, -0.25) is 0 Å². The fraction of sp³-hybridized carbons (Fsp3) is 0. The van der Waals surface area contributed by atoms with Gasteiger partial charge in [0.05, 0.1) is 11.0 Å². The van der Waals surface area contributed by atoms with Crippen molar-refractivity contribution in [3.8, 4) is 22.3 Å². The Morgan fingerprint density at radius 2 is 1.08 bits per heavy atom. The monoisotopic (exact) mass is 476 g/mol. The average molecular weight is 477 g/mol. The summed E-state index contributed by atoms with van der Waals surface area (Å²) in [6, 6.07) is 41.8. The third-order valence-corrected chi connectivity index (χ3v) is 8.51. The van der Waals surface area contributed by atoms with Crippen LogP contribution in [0.1, 0.15) is 0 Å². The molecule has 0 fully saturated rings. The van der Waals surface area contributed by atoms with E-state index in [1.165, 1.54) is 64.0 Å². The molecule has 0 radical (unpaired) electrons. The maximum absolute atomic E-state index is 5.86. The second kappa shape index (κ2) is 7.55. The van der Waals surface area contributed by atoms with Gasteiger partial charge in [0.1, 0.15) is 0 Å². The van der Waals surface area contributed by atoms with Crippen molar-refractivity contribution in [2.45, 2.75) is 0 Å². The molecule has 0 unspecified atom stereocenters. The summed E-state index contributed by atoms with van der Waals surface area (Å²) in [4.78, 5) is 0. The highest BCUT2D eigenvalue weighted by Gasteiger charge is 2.17. The SMILES string of the molecule is c1ccc(-c2c3ccccc3c(-c3ccc4c(c3)sc3c4ccc4ccoc43)c3ccccc23)cc1. The lowest BCUT2D eigenvalue weighted by Gasteiger charge is -2.17. The van der Waals surface area contributed by atoms with Gasteiger partial charge >= 0.3 is 0 Å². The molecule has 0 aliphatic heterocycles. The Balaban J connectivity index is 1.48. The smallest absolute Gasteiger partial charge is 0.151 e. The zero-order valence-electron chi connectivity index (χ0n) is 19.4. The number of thiophene rings is 1. The molecule has 0 amide bonds. The highest BCUT2D eigenvalue weighted by atomic mass is 32.1. The molecule has 168 valence electrons. The molecule has 0 atom stereocenters. The van der Waals surface area contributed by atoms with Crippen molar-refractivity contribution in [1.82, 2.24) is 0 Å². The van der Waals surface area contributed by atoms with E-state index in [1.54, 1.807) is 6.26 Å². The van der Waals surface area contributed by atoms with Crippen molar-refractivity contribution in [2.24, 2.45) is 0 Å². The van der Waals surface area contributed by atoms with Crippen LogP contribution in [0.3, 0.4) is 0 Å². The van der Waals surface area contributed by atoms with Crippen LogP contribution >= 0.6 is 11.3 Å². The number of hydrogen-bond acceptors (Lipinski definition) is 2. The first-order valence-corrected chi connectivity index (χ1v) is 13.0. The van der Waals surface area contributed by atoms with E-state index in [-0.39, 0.29) is 0 Å².